The highest BCUT2D eigenvalue weighted by atomic mass is 32.2. The number of nitro groups is 2. The van der Waals surface area contributed by atoms with Gasteiger partial charge in [-0.25, -0.2) is 4.79 Å². The van der Waals surface area contributed by atoms with Gasteiger partial charge in [0.25, 0.3) is 11.4 Å². The molecule has 2 aromatic rings. The predicted molar refractivity (Wildman–Crippen MR) is 119 cm³/mol. The summed E-state index contributed by atoms with van der Waals surface area (Å²) in [6.45, 7) is 3.27. The first-order chi connectivity index (χ1) is 15.2. The number of rotatable bonds is 7. The van der Waals surface area contributed by atoms with Gasteiger partial charge in [-0.15, -0.1) is 11.8 Å². The first-order valence-electron chi connectivity index (χ1n) is 9.61. The fourth-order valence-corrected chi connectivity index (χ4v) is 4.55. The Morgan fingerprint density at radius 2 is 1.69 bits per heavy atom. The van der Waals surface area contributed by atoms with Crippen molar-refractivity contribution in [1.82, 2.24) is 5.32 Å². The molecular formula is C22H21N3O6S. The number of esters is 1. The van der Waals surface area contributed by atoms with Crippen molar-refractivity contribution in [3.05, 3.63) is 103 Å². The summed E-state index contributed by atoms with van der Waals surface area (Å²) in [7, 11) is 1.24. The molecule has 32 heavy (non-hydrogen) atoms. The summed E-state index contributed by atoms with van der Waals surface area (Å²) in [4.78, 5) is 35.4. The molecule has 0 amide bonds. The molecule has 10 heteroatoms. The second-order valence-electron chi connectivity index (χ2n) is 7.10. The fraction of sp³-hybridized carbons (Fsp3) is 0.227. The van der Waals surface area contributed by atoms with Gasteiger partial charge < -0.3 is 10.1 Å². The van der Waals surface area contributed by atoms with Crippen LogP contribution in [-0.4, -0.2) is 22.9 Å². The van der Waals surface area contributed by atoms with Crippen LogP contribution in [0, 0.1) is 20.2 Å². The molecule has 0 saturated carbocycles. The molecule has 1 aliphatic heterocycles. The minimum absolute atomic E-state index is 0.0610. The number of hydrogen-bond donors (Lipinski definition) is 1. The van der Waals surface area contributed by atoms with Gasteiger partial charge in [0.15, 0.2) is 0 Å². The van der Waals surface area contributed by atoms with Gasteiger partial charge in [0.05, 0.1) is 28.2 Å². The number of dihydropyridines is 1. The molecule has 9 nitrogen and oxygen atoms in total. The highest BCUT2D eigenvalue weighted by Crippen LogP contribution is 2.39. The minimum Gasteiger partial charge on any atom is -0.466 e. The molecule has 1 heterocycles. The van der Waals surface area contributed by atoms with Crippen LogP contribution < -0.4 is 5.32 Å². The van der Waals surface area contributed by atoms with Crippen molar-refractivity contribution in [3.63, 3.8) is 0 Å². The number of nitrogens with zero attached hydrogens (tertiary/aromatic N) is 2. The zero-order valence-corrected chi connectivity index (χ0v) is 18.5. The molecule has 0 fully saturated rings. The Morgan fingerprint density at radius 1 is 1.03 bits per heavy atom. The largest absolute Gasteiger partial charge is 0.466 e. The highest BCUT2D eigenvalue weighted by Gasteiger charge is 2.40. The molecule has 3 rings (SSSR count). The standard InChI is InChI=1S/C22H21N3O6S/c1-13-19(22(26)31-3)20(21(25(29)30)14(2)23-13)15-8-10-17(11-9-15)32-12-16-6-4-5-7-18(16)24(27)28/h4-11,20,23H,12H2,1-3H3. The fourth-order valence-electron chi connectivity index (χ4n) is 3.66. The van der Waals surface area contributed by atoms with Crippen LogP contribution in [0.1, 0.15) is 30.9 Å². The lowest BCUT2D eigenvalue weighted by Crippen LogP contribution is -2.31. The van der Waals surface area contributed by atoms with Crippen molar-refractivity contribution in [1.29, 1.82) is 0 Å². The summed E-state index contributed by atoms with van der Waals surface area (Å²) < 4.78 is 4.88. The summed E-state index contributed by atoms with van der Waals surface area (Å²) in [5, 5.41) is 25.9. The maximum atomic E-state index is 12.4. The first-order valence-corrected chi connectivity index (χ1v) is 10.6. The number of benzene rings is 2. The van der Waals surface area contributed by atoms with Crippen molar-refractivity contribution >= 4 is 23.4 Å². The smallest absolute Gasteiger partial charge is 0.336 e. The Morgan fingerprint density at radius 3 is 2.28 bits per heavy atom. The lowest BCUT2D eigenvalue weighted by molar-refractivity contribution is -0.431. The van der Waals surface area contributed by atoms with E-state index in [1.807, 2.05) is 0 Å². The Kier molecular flexibility index (Phi) is 6.94. The molecule has 0 bridgehead atoms. The number of carbonyl (C=O) groups is 1. The maximum absolute atomic E-state index is 12.4. The van der Waals surface area contributed by atoms with Crippen molar-refractivity contribution in [2.24, 2.45) is 0 Å². The molecular weight excluding hydrogens is 434 g/mol. The van der Waals surface area contributed by atoms with Crippen molar-refractivity contribution in [2.75, 3.05) is 7.11 Å². The van der Waals surface area contributed by atoms with E-state index in [9.17, 15) is 25.0 Å². The summed E-state index contributed by atoms with van der Waals surface area (Å²) in [5.74, 6) is -1.12. The quantitative estimate of drug-likeness (QED) is 0.279. The molecule has 1 N–H and O–H groups in total. The minimum atomic E-state index is -0.882. The Balaban J connectivity index is 1.90. The average Bonchev–Trinajstić information content (AvgIpc) is 2.77. The zero-order valence-electron chi connectivity index (χ0n) is 17.7. The predicted octanol–water partition coefficient (Wildman–Crippen LogP) is 4.53. The topological polar surface area (TPSA) is 125 Å². The Hall–Kier alpha value is -3.66. The number of nitro benzene ring substituents is 1. The van der Waals surface area contributed by atoms with Gasteiger partial charge in [0.1, 0.15) is 5.92 Å². The van der Waals surface area contributed by atoms with Gasteiger partial charge in [-0.05, 0) is 31.5 Å². The molecule has 0 aromatic heterocycles. The number of allylic oxidation sites excluding steroid dienone is 3. The van der Waals surface area contributed by atoms with E-state index in [0.717, 1.165) is 4.90 Å². The SMILES string of the molecule is COC(=O)C1=C(C)NC(C)=C([N+](=O)[O-])C1c1ccc(SCc2ccccc2[N+](=O)[O-])cc1. The molecule has 166 valence electrons. The third-order valence-electron chi connectivity index (χ3n) is 5.12. The highest BCUT2D eigenvalue weighted by molar-refractivity contribution is 7.98. The summed E-state index contributed by atoms with van der Waals surface area (Å²) in [6, 6.07) is 13.6. The van der Waals surface area contributed by atoms with E-state index in [1.165, 1.54) is 24.9 Å². The van der Waals surface area contributed by atoms with Crippen molar-refractivity contribution in [2.45, 2.75) is 30.4 Å². The van der Waals surface area contributed by atoms with Crippen LogP contribution in [0.2, 0.25) is 0 Å². The summed E-state index contributed by atoms with van der Waals surface area (Å²) >= 11 is 1.41. The molecule has 2 aromatic carbocycles. The van der Waals surface area contributed by atoms with Gasteiger partial charge in [-0.2, -0.15) is 0 Å². The van der Waals surface area contributed by atoms with Crippen LogP contribution in [0.3, 0.4) is 0 Å². The van der Waals surface area contributed by atoms with Crippen LogP contribution in [0.15, 0.2) is 76.1 Å². The monoisotopic (exact) mass is 455 g/mol. The van der Waals surface area contributed by atoms with E-state index in [0.29, 0.717) is 28.3 Å². The number of hydrogen-bond acceptors (Lipinski definition) is 8. The van der Waals surface area contributed by atoms with Crippen LogP contribution in [-0.2, 0) is 15.3 Å². The number of ether oxygens (including phenoxy) is 1. The second-order valence-corrected chi connectivity index (χ2v) is 8.15. The Bertz CT molecular complexity index is 1140. The third kappa shape index (κ3) is 4.65. The maximum Gasteiger partial charge on any atom is 0.336 e. The van der Waals surface area contributed by atoms with E-state index in [4.69, 9.17) is 4.74 Å². The molecule has 0 spiro atoms. The van der Waals surface area contributed by atoms with E-state index in [1.54, 1.807) is 56.3 Å². The first kappa shape index (κ1) is 23.0. The van der Waals surface area contributed by atoms with E-state index in [2.05, 4.69) is 5.32 Å². The number of thioether (sulfide) groups is 1. The molecule has 1 unspecified atom stereocenters. The summed E-state index contributed by atoms with van der Waals surface area (Å²) in [6.07, 6.45) is 0. The lowest BCUT2D eigenvalue weighted by atomic mass is 9.84. The van der Waals surface area contributed by atoms with Gasteiger partial charge in [0.2, 0.25) is 0 Å². The van der Waals surface area contributed by atoms with Crippen LogP contribution >= 0.6 is 11.8 Å². The molecule has 0 radical (unpaired) electrons. The zero-order chi connectivity index (χ0) is 23.4. The normalized spacial score (nSPS) is 15.9. The second kappa shape index (κ2) is 9.65. The third-order valence-corrected chi connectivity index (χ3v) is 6.18. The van der Waals surface area contributed by atoms with Gasteiger partial charge in [0, 0.05) is 28.0 Å². The Labute approximate surface area is 188 Å². The molecule has 1 aliphatic rings. The number of para-hydroxylation sites is 1. The lowest BCUT2D eigenvalue weighted by Gasteiger charge is -2.26. The number of nitrogens with one attached hydrogen (secondary N) is 1. The van der Waals surface area contributed by atoms with Gasteiger partial charge >= 0.3 is 5.97 Å². The van der Waals surface area contributed by atoms with Crippen molar-refractivity contribution in [3.8, 4) is 0 Å². The van der Waals surface area contributed by atoms with Gasteiger partial charge in [-0.3, -0.25) is 20.2 Å². The van der Waals surface area contributed by atoms with Gasteiger partial charge in [-0.1, -0.05) is 30.3 Å². The van der Waals surface area contributed by atoms with Crippen LogP contribution in [0.4, 0.5) is 5.69 Å². The molecule has 0 saturated heterocycles. The van der Waals surface area contributed by atoms with E-state index < -0.39 is 21.7 Å². The van der Waals surface area contributed by atoms with Crippen LogP contribution in [0.25, 0.3) is 0 Å². The van der Waals surface area contributed by atoms with Crippen LogP contribution in [0.5, 0.6) is 0 Å². The number of carbonyl (C=O) groups excluding carboxylic acids is 1. The van der Waals surface area contributed by atoms with E-state index in [-0.39, 0.29) is 17.0 Å². The number of methoxy groups -OCH3 is 1. The molecule has 1 atom stereocenters. The van der Waals surface area contributed by atoms with Crippen molar-refractivity contribution < 1.29 is 19.4 Å². The average molecular weight is 455 g/mol. The summed E-state index contributed by atoms with van der Waals surface area (Å²) in [5.41, 5.74) is 2.17. The van der Waals surface area contributed by atoms with E-state index >= 15 is 0 Å². The molecule has 0 aliphatic carbocycles.